The van der Waals surface area contributed by atoms with Gasteiger partial charge in [-0.25, -0.2) is 4.39 Å². The summed E-state index contributed by atoms with van der Waals surface area (Å²) in [6.45, 7) is -0.0185. The minimum atomic E-state index is -4.57. The van der Waals surface area contributed by atoms with Gasteiger partial charge >= 0.3 is 6.18 Å². The summed E-state index contributed by atoms with van der Waals surface area (Å²) in [4.78, 5) is 11.7. The van der Waals surface area contributed by atoms with Crippen LogP contribution in [0.1, 0.15) is 11.1 Å². The Labute approximate surface area is 140 Å². The van der Waals surface area contributed by atoms with Crippen molar-refractivity contribution >= 4 is 23.2 Å². The number of alkyl halides is 3. The molecular formula is C16H13ClF4N2O. The predicted molar refractivity (Wildman–Crippen MR) is 83.2 cm³/mol. The Morgan fingerprint density at radius 1 is 1.08 bits per heavy atom. The van der Waals surface area contributed by atoms with E-state index in [0.29, 0.717) is 5.56 Å². The van der Waals surface area contributed by atoms with Gasteiger partial charge in [0.1, 0.15) is 5.82 Å². The van der Waals surface area contributed by atoms with Gasteiger partial charge in [0.15, 0.2) is 0 Å². The standard InChI is InChI=1S/C16H13ClF4N2O/c17-14-6-5-12(7-13(14)16(19,20)21)22-9-15(24)23-8-10-1-3-11(18)4-2-10/h1-7,22H,8-9H2,(H,23,24). The lowest BCUT2D eigenvalue weighted by molar-refractivity contribution is -0.137. The highest BCUT2D eigenvalue weighted by Crippen LogP contribution is 2.36. The van der Waals surface area contributed by atoms with Gasteiger partial charge in [0.2, 0.25) is 5.91 Å². The average Bonchev–Trinajstić information content (AvgIpc) is 2.52. The molecule has 0 saturated heterocycles. The summed E-state index contributed by atoms with van der Waals surface area (Å²) in [5.74, 6) is -0.794. The Bertz CT molecular complexity index is 717. The second-order valence-corrected chi connectivity index (χ2v) is 5.36. The molecule has 0 radical (unpaired) electrons. The van der Waals surface area contributed by atoms with Crippen molar-refractivity contribution in [2.45, 2.75) is 12.7 Å². The summed E-state index contributed by atoms with van der Waals surface area (Å²) in [6.07, 6.45) is -4.57. The van der Waals surface area contributed by atoms with E-state index in [1.807, 2.05) is 0 Å². The first-order valence-corrected chi connectivity index (χ1v) is 7.25. The molecule has 0 saturated carbocycles. The number of carbonyl (C=O) groups excluding carboxylic acids is 1. The summed E-state index contributed by atoms with van der Waals surface area (Å²) < 4.78 is 51.0. The van der Waals surface area contributed by atoms with E-state index in [-0.39, 0.29) is 24.6 Å². The minimum Gasteiger partial charge on any atom is -0.376 e. The molecule has 2 aromatic rings. The van der Waals surface area contributed by atoms with E-state index in [0.717, 1.165) is 12.1 Å². The molecule has 8 heteroatoms. The Morgan fingerprint density at radius 2 is 1.75 bits per heavy atom. The van der Waals surface area contributed by atoms with Crippen molar-refractivity contribution in [3.8, 4) is 0 Å². The van der Waals surface area contributed by atoms with Crippen LogP contribution in [0.2, 0.25) is 5.02 Å². The highest BCUT2D eigenvalue weighted by Gasteiger charge is 2.33. The van der Waals surface area contributed by atoms with Crippen LogP contribution in [-0.4, -0.2) is 12.5 Å². The molecule has 0 unspecified atom stereocenters. The average molecular weight is 361 g/mol. The molecule has 1 amide bonds. The van der Waals surface area contributed by atoms with Gasteiger partial charge in [-0.15, -0.1) is 0 Å². The minimum absolute atomic E-state index is 0.128. The Hall–Kier alpha value is -2.28. The molecule has 2 aromatic carbocycles. The molecule has 0 aliphatic rings. The third-order valence-corrected chi connectivity index (χ3v) is 3.46. The van der Waals surface area contributed by atoms with Crippen molar-refractivity contribution in [1.82, 2.24) is 5.32 Å². The van der Waals surface area contributed by atoms with Crippen molar-refractivity contribution < 1.29 is 22.4 Å². The maximum atomic E-state index is 12.8. The van der Waals surface area contributed by atoms with Gasteiger partial charge in [0.05, 0.1) is 17.1 Å². The van der Waals surface area contributed by atoms with Gasteiger partial charge in [-0.3, -0.25) is 4.79 Å². The first-order valence-electron chi connectivity index (χ1n) is 6.87. The number of benzene rings is 2. The van der Waals surface area contributed by atoms with Gasteiger partial charge in [0, 0.05) is 12.2 Å². The molecule has 0 aromatic heterocycles. The second kappa shape index (κ2) is 7.53. The number of rotatable bonds is 5. The molecule has 0 aliphatic carbocycles. The van der Waals surface area contributed by atoms with Crippen molar-refractivity contribution in [3.05, 3.63) is 64.4 Å². The fraction of sp³-hybridized carbons (Fsp3) is 0.188. The Kier molecular flexibility index (Phi) is 5.66. The highest BCUT2D eigenvalue weighted by atomic mass is 35.5. The third-order valence-electron chi connectivity index (χ3n) is 3.13. The van der Waals surface area contributed by atoms with Crippen LogP contribution in [-0.2, 0) is 17.5 Å². The smallest absolute Gasteiger partial charge is 0.376 e. The topological polar surface area (TPSA) is 41.1 Å². The molecule has 2 N–H and O–H groups in total. The maximum absolute atomic E-state index is 12.8. The molecule has 0 bridgehead atoms. The van der Waals surface area contributed by atoms with Gasteiger partial charge < -0.3 is 10.6 Å². The number of hydrogen-bond donors (Lipinski definition) is 2. The van der Waals surface area contributed by atoms with Crippen LogP contribution in [0.25, 0.3) is 0 Å². The predicted octanol–water partition coefficient (Wildman–Crippen LogP) is 4.23. The van der Waals surface area contributed by atoms with E-state index in [1.54, 1.807) is 0 Å². The lowest BCUT2D eigenvalue weighted by atomic mass is 10.2. The van der Waals surface area contributed by atoms with Crippen LogP contribution < -0.4 is 10.6 Å². The molecule has 0 atom stereocenters. The van der Waals surface area contributed by atoms with E-state index in [1.165, 1.54) is 30.3 Å². The van der Waals surface area contributed by atoms with Crippen molar-refractivity contribution in [2.75, 3.05) is 11.9 Å². The summed E-state index contributed by atoms with van der Waals surface area (Å²) >= 11 is 5.52. The van der Waals surface area contributed by atoms with E-state index in [2.05, 4.69) is 10.6 Å². The van der Waals surface area contributed by atoms with Crippen LogP contribution >= 0.6 is 11.6 Å². The number of halogens is 5. The maximum Gasteiger partial charge on any atom is 0.417 e. The molecule has 0 heterocycles. The largest absolute Gasteiger partial charge is 0.417 e. The normalized spacial score (nSPS) is 11.2. The quantitative estimate of drug-likeness (QED) is 0.784. The summed E-state index contributed by atoms with van der Waals surface area (Å²) in [5.41, 5.74) is -0.139. The fourth-order valence-electron chi connectivity index (χ4n) is 1.90. The number of anilines is 1. The van der Waals surface area contributed by atoms with Crippen molar-refractivity contribution in [3.63, 3.8) is 0 Å². The molecule has 2 rings (SSSR count). The lowest BCUT2D eigenvalue weighted by Crippen LogP contribution is -2.29. The first-order chi connectivity index (χ1) is 11.3. The highest BCUT2D eigenvalue weighted by molar-refractivity contribution is 6.31. The van der Waals surface area contributed by atoms with Crippen LogP contribution in [0.4, 0.5) is 23.2 Å². The first kappa shape index (κ1) is 18.1. The van der Waals surface area contributed by atoms with Crippen molar-refractivity contribution in [1.29, 1.82) is 0 Å². The molecule has 0 aliphatic heterocycles. The summed E-state index contributed by atoms with van der Waals surface area (Å²) in [7, 11) is 0. The zero-order chi connectivity index (χ0) is 17.7. The van der Waals surface area contributed by atoms with Crippen molar-refractivity contribution in [2.24, 2.45) is 0 Å². The SMILES string of the molecule is O=C(CNc1ccc(Cl)c(C(F)(F)F)c1)NCc1ccc(F)cc1. The number of hydrogen-bond acceptors (Lipinski definition) is 2. The number of carbonyl (C=O) groups is 1. The molecule has 24 heavy (non-hydrogen) atoms. The summed E-state index contributed by atoms with van der Waals surface area (Å²) in [5, 5.41) is 4.76. The summed E-state index contributed by atoms with van der Waals surface area (Å²) in [6, 6.07) is 8.90. The zero-order valence-electron chi connectivity index (χ0n) is 12.3. The lowest BCUT2D eigenvalue weighted by Gasteiger charge is -2.12. The van der Waals surface area contributed by atoms with E-state index >= 15 is 0 Å². The van der Waals surface area contributed by atoms with E-state index in [4.69, 9.17) is 11.6 Å². The van der Waals surface area contributed by atoms with Crippen LogP contribution in [0, 0.1) is 5.82 Å². The molecule has 3 nitrogen and oxygen atoms in total. The zero-order valence-corrected chi connectivity index (χ0v) is 13.0. The fourth-order valence-corrected chi connectivity index (χ4v) is 2.12. The van der Waals surface area contributed by atoms with Crippen LogP contribution in [0.15, 0.2) is 42.5 Å². The third kappa shape index (κ3) is 5.13. The van der Waals surface area contributed by atoms with E-state index < -0.39 is 22.7 Å². The van der Waals surface area contributed by atoms with E-state index in [9.17, 15) is 22.4 Å². The van der Waals surface area contributed by atoms with Gasteiger partial charge in [0.25, 0.3) is 0 Å². The van der Waals surface area contributed by atoms with Gasteiger partial charge in [-0.1, -0.05) is 23.7 Å². The molecule has 0 spiro atoms. The number of amides is 1. The second-order valence-electron chi connectivity index (χ2n) is 4.95. The monoisotopic (exact) mass is 360 g/mol. The van der Waals surface area contributed by atoms with Gasteiger partial charge in [-0.2, -0.15) is 13.2 Å². The number of nitrogens with one attached hydrogen (secondary N) is 2. The molecule has 128 valence electrons. The van der Waals surface area contributed by atoms with Crippen LogP contribution in [0.5, 0.6) is 0 Å². The Balaban J connectivity index is 1.88. The molecular weight excluding hydrogens is 348 g/mol. The Morgan fingerprint density at radius 3 is 2.38 bits per heavy atom. The van der Waals surface area contributed by atoms with Gasteiger partial charge in [-0.05, 0) is 35.9 Å². The van der Waals surface area contributed by atoms with Crippen LogP contribution in [0.3, 0.4) is 0 Å². The molecule has 0 fully saturated rings.